The number of ether oxygens (including phenoxy) is 1. The summed E-state index contributed by atoms with van der Waals surface area (Å²) in [6.07, 6.45) is 0. The van der Waals surface area contributed by atoms with Gasteiger partial charge in [-0.25, -0.2) is 9.67 Å². The summed E-state index contributed by atoms with van der Waals surface area (Å²) in [5, 5.41) is 10.7. The normalized spacial score (nSPS) is 11.8. The van der Waals surface area contributed by atoms with Gasteiger partial charge < -0.3 is 9.84 Å². The predicted molar refractivity (Wildman–Crippen MR) is 117 cm³/mol. The number of rotatable bonds is 6. The van der Waals surface area contributed by atoms with Crippen LogP contribution in [0.4, 0.5) is 5.69 Å². The van der Waals surface area contributed by atoms with Gasteiger partial charge in [0.1, 0.15) is 5.56 Å². The van der Waals surface area contributed by atoms with Gasteiger partial charge in [0.15, 0.2) is 10.5 Å². The molecule has 2 N–H and O–H groups in total. The molecule has 10 heteroatoms. The second kappa shape index (κ2) is 8.64. The summed E-state index contributed by atoms with van der Waals surface area (Å²) >= 11 is 5.13. The number of hydrogen-bond acceptors (Lipinski definition) is 6. The molecular formula is C20H23N5O4S. The summed E-state index contributed by atoms with van der Waals surface area (Å²) in [7, 11) is 3.28. The van der Waals surface area contributed by atoms with Gasteiger partial charge >= 0.3 is 0 Å². The lowest BCUT2D eigenvalue weighted by atomic mass is 10.2. The van der Waals surface area contributed by atoms with Gasteiger partial charge in [-0.05, 0) is 38.2 Å². The first kappa shape index (κ1) is 21.5. The topological polar surface area (TPSA) is 107 Å². The average Bonchev–Trinajstić information content (AvgIpc) is 2.91. The predicted octanol–water partition coefficient (Wildman–Crippen LogP) is 2.20. The number of aromatic hydroxyl groups is 1. The number of methoxy groups -OCH3 is 1. The zero-order chi connectivity index (χ0) is 22.0. The molecule has 0 atom stereocenters. The van der Waals surface area contributed by atoms with E-state index in [1.807, 2.05) is 30.3 Å². The van der Waals surface area contributed by atoms with E-state index in [2.05, 4.69) is 9.98 Å². The Balaban J connectivity index is 2.17. The first-order chi connectivity index (χ1) is 14.3. The summed E-state index contributed by atoms with van der Waals surface area (Å²) < 4.78 is 9.65. The largest absolute Gasteiger partial charge is 0.494 e. The summed E-state index contributed by atoms with van der Waals surface area (Å²) in [6, 6.07) is 9.18. The molecule has 9 nitrogen and oxygen atoms in total. The monoisotopic (exact) mass is 429 g/mol. The maximum atomic E-state index is 13.1. The lowest BCUT2D eigenvalue weighted by molar-refractivity contribution is 0.182. The standard InChI is InChI=1S/C20H23N5O4S/c1-12(15-17(26)22-20(30)24(18(15)27)10-11-29-4)21-16-13(2)23(3)25(19(16)28)14-8-6-5-7-9-14/h5-9,27H,10-11H2,1-4H3,(H,22,26,30). The maximum absolute atomic E-state index is 13.1. The van der Waals surface area contributed by atoms with E-state index < -0.39 is 5.56 Å². The Kier molecular flexibility index (Phi) is 6.18. The number of benzene rings is 1. The molecule has 0 fully saturated rings. The smallest absolute Gasteiger partial charge is 0.297 e. The van der Waals surface area contributed by atoms with Crippen molar-refractivity contribution in [1.29, 1.82) is 0 Å². The molecule has 0 spiro atoms. The van der Waals surface area contributed by atoms with E-state index in [9.17, 15) is 14.7 Å². The molecule has 0 unspecified atom stereocenters. The van der Waals surface area contributed by atoms with Gasteiger partial charge in [-0.2, -0.15) is 0 Å². The summed E-state index contributed by atoms with van der Waals surface area (Å²) in [4.78, 5) is 32.5. The van der Waals surface area contributed by atoms with Crippen LogP contribution in [-0.2, 0) is 18.3 Å². The zero-order valence-electron chi connectivity index (χ0n) is 17.2. The van der Waals surface area contributed by atoms with E-state index in [0.29, 0.717) is 18.0 Å². The van der Waals surface area contributed by atoms with Crippen LogP contribution in [0.25, 0.3) is 5.69 Å². The van der Waals surface area contributed by atoms with Crippen LogP contribution in [0.2, 0.25) is 0 Å². The van der Waals surface area contributed by atoms with E-state index in [1.54, 1.807) is 25.6 Å². The zero-order valence-corrected chi connectivity index (χ0v) is 18.0. The van der Waals surface area contributed by atoms with Crippen molar-refractivity contribution in [2.24, 2.45) is 12.0 Å². The van der Waals surface area contributed by atoms with Gasteiger partial charge in [-0.1, -0.05) is 18.2 Å². The third-order valence-corrected chi connectivity index (χ3v) is 5.18. The highest BCUT2D eigenvalue weighted by Crippen LogP contribution is 2.20. The van der Waals surface area contributed by atoms with Gasteiger partial charge in [-0.15, -0.1) is 0 Å². The SMILES string of the molecule is COCCn1c(O)c(C(C)=Nc2c(C)n(C)n(-c3ccccc3)c2=O)c(=O)[nH]c1=S. The number of aromatic nitrogens is 4. The molecule has 158 valence electrons. The second-order valence-corrected chi connectivity index (χ2v) is 7.10. The fraction of sp³-hybridized carbons (Fsp3) is 0.300. The van der Waals surface area contributed by atoms with Crippen molar-refractivity contribution in [3.63, 3.8) is 0 Å². The van der Waals surface area contributed by atoms with Gasteiger partial charge in [0.2, 0.25) is 5.88 Å². The number of nitrogens with one attached hydrogen (secondary N) is 1. The Labute approximate surface area is 177 Å². The van der Waals surface area contributed by atoms with Crippen LogP contribution in [0, 0.1) is 11.7 Å². The molecule has 3 rings (SSSR count). The molecule has 30 heavy (non-hydrogen) atoms. The summed E-state index contributed by atoms with van der Waals surface area (Å²) in [5.41, 5.74) is 0.734. The maximum Gasteiger partial charge on any atom is 0.297 e. The molecule has 0 bridgehead atoms. The molecule has 3 aromatic rings. The molecule has 0 radical (unpaired) electrons. The number of H-pyrrole nitrogens is 1. The third-order valence-electron chi connectivity index (χ3n) is 4.86. The molecule has 0 aliphatic carbocycles. The van der Waals surface area contributed by atoms with Crippen molar-refractivity contribution in [2.45, 2.75) is 20.4 Å². The minimum Gasteiger partial charge on any atom is -0.494 e. The number of aliphatic imine (C=N–C) groups is 1. The second-order valence-electron chi connectivity index (χ2n) is 6.71. The molecule has 0 aliphatic heterocycles. The first-order valence-electron chi connectivity index (χ1n) is 9.22. The van der Waals surface area contributed by atoms with E-state index >= 15 is 0 Å². The van der Waals surface area contributed by atoms with Crippen LogP contribution in [0.15, 0.2) is 44.9 Å². The number of aromatic amines is 1. The highest BCUT2D eigenvalue weighted by atomic mass is 32.1. The van der Waals surface area contributed by atoms with E-state index in [4.69, 9.17) is 17.0 Å². The van der Waals surface area contributed by atoms with Gasteiger partial charge in [0.05, 0.1) is 30.2 Å². The van der Waals surface area contributed by atoms with Crippen molar-refractivity contribution < 1.29 is 9.84 Å². The van der Waals surface area contributed by atoms with Crippen LogP contribution in [0.5, 0.6) is 5.88 Å². The Morgan fingerprint density at radius 3 is 2.57 bits per heavy atom. The van der Waals surface area contributed by atoms with Crippen molar-refractivity contribution in [3.8, 4) is 11.6 Å². The molecule has 0 saturated carbocycles. The molecule has 2 aromatic heterocycles. The van der Waals surface area contributed by atoms with Crippen molar-refractivity contribution >= 4 is 23.6 Å². The molecular weight excluding hydrogens is 406 g/mol. The van der Waals surface area contributed by atoms with Crippen LogP contribution < -0.4 is 11.1 Å². The Hall–Kier alpha value is -3.24. The van der Waals surface area contributed by atoms with Crippen molar-refractivity contribution in [2.75, 3.05) is 13.7 Å². The quantitative estimate of drug-likeness (QED) is 0.462. The fourth-order valence-electron chi connectivity index (χ4n) is 3.18. The minimum absolute atomic E-state index is 0.0476. The molecule has 0 amide bonds. The van der Waals surface area contributed by atoms with Crippen LogP contribution in [0.1, 0.15) is 18.2 Å². The Morgan fingerprint density at radius 1 is 1.27 bits per heavy atom. The lowest BCUT2D eigenvalue weighted by Crippen LogP contribution is -2.23. The van der Waals surface area contributed by atoms with Gasteiger partial charge in [0, 0.05) is 14.2 Å². The van der Waals surface area contributed by atoms with Gasteiger partial charge in [0.25, 0.3) is 11.1 Å². The fourth-order valence-corrected chi connectivity index (χ4v) is 3.45. The van der Waals surface area contributed by atoms with E-state index in [1.165, 1.54) is 16.4 Å². The third kappa shape index (κ3) is 3.79. The van der Waals surface area contributed by atoms with Crippen molar-refractivity contribution in [1.82, 2.24) is 18.9 Å². The molecule has 1 aromatic carbocycles. The van der Waals surface area contributed by atoms with Crippen LogP contribution >= 0.6 is 12.2 Å². The van der Waals surface area contributed by atoms with Crippen LogP contribution in [-0.4, -0.2) is 43.4 Å². The first-order valence-corrected chi connectivity index (χ1v) is 9.63. The minimum atomic E-state index is -0.579. The lowest BCUT2D eigenvalue weighted by Gasteiger charge is -2.12. The molecule has 2 heterocycles. The number of hydrogen-bond donors (Lipinski definition) is 2. The van der Waals surface area contributed by atoms with Crippen LogP contribution in [0.3, 0.4) is 0 Å². The number of nitrogens with zero attached hydrogens (tertiary/aromatic N) is 4. The Morgan fingerprint density at radius 2 is 1.93 bits per heavy atom. The Bertz CT molecular complexity index is 1280. The molecule has 0 aliphatic rings. The van der Waals surface area contributed by atoms with Gasteiger partial charge in [-0.3, -0.25) is 23.8 Å². The summed E-state index contributed by atoms with van der Waals surface area (Å²) in [6.45, 7) is 3.88. The molecule has 0 saturated heterocycles. The van der Waals surface area contributed by atoms with Crippen molar-refractivity contribution in [3.05, 3.63) is 67.1 Å². The highest BCUT2D eigenvalue weighted by Gasteiger charge is 2.19. The average molecular weight is 430 g/mol. The van der Waals surface area contributed by atoms with E-state index in [-0.39, 0.29) is 39.7 Å². The highest BCUT2D eigenvalue weighted by molar-refractivity contribution is 7.71. The summed E-state index contributed by atoms with van der Waals surface area (Å²) in [5.74, 6) is -0.320. The number of para-hydroxylation sites is 1. The van der Waals surface area contributed by atoms with E-state index in [0.717, 1.165) is 0 Å².